The fourth-order valence-electron chi connectivity index (χ4n) is 0.899. The van der Waals surface area contributed by atoms with Gasteiger partial charge in [0.2, 0.25) is 0 Å². The standard InChI is InChI=1S/C8H9BN2/c1-5(10)7-4-6(9)2-3-8(7)11/h2-4,10H,11H2,1H3. The lowest BCUT2D eigenvalue weighted by Gasteiger charge is -2.03. The van der Waals surface area contributed by atoms with Crippen LogP contribution in [0.15, 0.2) is 18.2 Å². The van der Waals surface area contributed by atoms with Gasteiger partial charge in [0.05, 0.1) is 0 Å². The summed E-state index contributed by atoms with van der Waals surface area (Å²) in [7, 11) is 5.51. The minimum Gasteiger partial charge on any atom is -0.398 e. The van der Waals surface area contributed by atoms with E-state index in [2.05, 4.69) is 0 Å². The number of hydrogen-bond acceptors (Lipinski definition) is 2. The Morgan fingerprint density at radius 2 is 2.18 bits per heavy atom. The summed E-state index contributed by atoms with van der Waals surface area (Å²) < 4.78 is 0. The summed E-state index contributed by atoms with van der Waals surface area (Å²) in [6.07, 6.45) is 0. The van der Waals surface area contributed by atoms with Crippen LogP contribution in [0.1, 0.15) is 12.5 Å². The van der Waals surface area contributed by atoms with E-state index in [0.29, 0.717) is 22.4 Å². The predicted octanol–water partition coefficient (Wildman–Crippen LogP) is 0.450. The predicted molar refractivity (Wildman–Crippen MR) is 48.7 cm³/mol. The smallest absolute Gasteiger partial charge is 0.113 e. The molecule has 2 radical (unpaired) electrons. The van der Waals surface area contributed by atoms with Crippen LogP contribution in [0.25, 0.3) is 0 Å². The first kappa shape index (κ1) is 7.86. The average Bonchev–Trinajstić information content (AvgIpc) is 1.94. The van der Waals surface area contributed by atoms with Gasteiger partial charge in [0.15, 0.2) is 0 Å². The number of rotatable bonds is 1. The Morgan fingerprint density at radius 3 is 2.64 bits per heavy atom. The molecule has 54 valence electrons. The third kappa shape index (κ3) is 1.61. The SMILES string of the molecule is [B]c1ccc(N)c(C(C)=N)c1. The Labute approximate surface area is 67.3 Å². The largest absolute Gasteiger partial charge is 0.398 e. The molecule has 0 spiro atoms. The highest BCUT2D eigenvalue weighted by atomic mass is 14.6. The maximum atomic E-state index is 7.34. The van der Waals surface area contributed by atoms with Crippen molar-refractivity contribution in [2.24, 2.45) is 0 Å². The zero-order valence-corrected chi connectivity index (χ0v) is 6.39. The zero-order valence-electron chi connectivity index (χ0n) is 6.39. The summed E-state index contributed by atoms with van der Waals surface area (Å²) in [6.45, 7) is 1.69. The van der Waals surface area contributed by atoms with E-state index in [4.69, 9.17) is 19.0 Å². The van der Waals surface area contributed by atoms with Gasteiger partial charge in [0.1, 0.15) is 7.85 Å². The summed E-state index contributed by atoms with van der Waals surface area (Å²) in [5, 5.41) is 7.34. The van der Waals surface area contributed by atoms with Gasteiger partial charge < -0.3 is 11.1 Å². The molecule has 0 bridgehead atoms. The summed E-state index contributed by atoms with van der Waals surface area (Å²) in [6, 6.07) is 5.14. The molecule has 0 aliphatic rings. The fourth-order valence-corrected chi connectivity index (χ4v) is 0.899. The number of hydrogen-bond donors (Lipinski definition) is 2. The molecule has 0 unspecified atom stereocenters. The van der Waals surface area contributed by atoms with Gasteiger partial charge in [-0.1, -0.05) is 17.6 Å². The van der Waals surface area contributed by atoms with Crippen molar-refractivity contribution < 1.29 is 0 Å². The highest BCUT2D eigenvalue weighted by Gasteiger charge is 1.99. The molecule has 0 heterocycles. The summed E-state index contributed by atoms with van der Waals surface area (Å²) in [4.78, 5) is 0. The molecular formula is C8H9BN2. The van der Waals surface area contributed by atoms with Crippen LogP contribution in [0.4, 0.5) is 5.69 Å². The molecule has 0 aromatic heterocycles. The van der Waals surface area contributed by atoms with Gasteiger partial charge in [-0.25, -0.2) is 0 Å². The summed E-state index contributed by atoms with van der Waals surface area (Å²) in [5.74, 6) is 0. The van der Waals surface area contributed by atoms with Crippen molar-refractivity contribution >= 4 is 24.7 Å². The van der Waals surface area contributed by atoms with Crippen molar-refractivity contribution in [3.63, 3.8) is 0 Å². The molecule has 0 aliphatic carbocycles. The van der Waals surface area contributed by atoms with Crippen molar-refractivity contribution in [2.45, 2.75) is 6.92 Å². The number of benzene rings is 1. The van der Waals surface area contributed by atoms with Crippen molar-refractivity contribution in [3.05, 3.63) is 23.8 Å². The second-order valence-corrected chi connectivity index (χ2v) is 2.47. The summed E-state index contributed by atoms with van der Waals surface area (Å²) >= 11 is 0. The molecule has 0 saturated heterocycles. The monoisotopic (exact) mass is 144 g/mol. The Hall–Kier alpha value is -1.25. The third-order valence-corrected chi connectivity index (χ3v) is 1.48. The van der Waals surface area contributed by atoms with Crippen molar-refractivity contribution in [3.8, 4) is 0 Å². The van der Waals surface area contributed by atoms with Crippen LogP contribution < -0.4 is 11.2 Å². The van der Waals surface area contributed by atoms with E-state index in [1.807, 2.05) is 0 Å². The van der Waals surface area contributed by atoms with Crippen LogP contribution in [0.3, 0.4) is 0 Å². The lowest BCUT2D eigenvalue weighted by atomic mass is 9.92. The number of nitrogen functional groups attached to an aromatic ring is 1. The number of nitrogens with two attached hydrogens (primary N) is 1. The molecule has 1 aromatic rings. The average molecular weight is 144 g/mol. The minimum atomic E-state index is 0.440. The van der Waals surface area contributed by atoms with Crippen molar-refractivity contribution in [2.75, 3.05) is 5.73 Å². The third-order valence-electron chi connectivity index (χ3n) is 1.48. The Kier molecular flexibility index (Phi) is 1.99. The molecule has 0 fully saturated rings. The summed E-state index contributed by atoms with van der Waals surface area (Å²) in [5.41, 5.74) is 7.99. The molecule has 0 aliphatic heterocycles. The first-order chi connectivity index (χ1) is 5.11. The van der Waals surface area contributed by atoms with E-state index in [-0.39, 0.29) is 0 Å². The fraction of sp³-hybridized carbons (Fsp3) is 0.125. The van der Waals surface area contributed by atoms with E-state index in [1.54, 1.807) is 25.1 Å². The lowest BCUT2D eigenvalue weighted by molar-refractivity contribution is 1.46. The van der Waals surface area contributed by atoms with Crippen LogP contribution in [0, 0.1) is 5.41 Å². The van der Waals surface area contributed by atoms with Crippen molar-refractivity contribution in [1.82, 2.24) is 0 Å². The molecular weight excluding hydrogens is 135 g/mol. The molecule has 1 rings (SSSR count). The normalized spacial score (nSPS) is 9.55. The molecule has 3 N–H and O–H groups in total. The van der Waals surface area contributed by atoms with Crippen LogP contribution in [-0.2, 0) is 0 Å². The van der Waals surface area contributed by atoms with Crippen LogP contribution in [-0.4, -0.2) is 13.6 Å². The first-order valence-electron chi connectivity index (χ1n) is 3.32. The second kappa shape index (κ2) is 2.78. The maximum absolute atomic E-state index is 7.34. The number of nitrogens with one attached hydrogen (secondary N) is 1. The van der Waals surface area contributed by atoms with E-state index < -0.39 is 0 Å². The first-order valence-corrected chi connectivity index (χ1v) is 3.32. The van der Waals surface area contributed by atoms with Gasteiger partial charge in [-0.15, -0.1) is 0 Å². The lowest BCUT2D eigenvalue weighted by Crippen LogP contribution is -2.08. The van der Waals surface area contributed by atoms with E-state index in [9.17, 15) is 0 Å². The molecule has 0 atom stereocenters. The van der Waals surface area contributed by atoms with Crippen LogP contribution >= 0.6 is 0 Å². The van der Waals surface area contributed by atoms with Gasteiger partial charge >= 0.3 is 0 Å². The van der Waals surface area contributed by atoms with Gasteiger partial charge in [-0.2, -0.15) is 0 Å². The highest BCUT2D eigenvalue weighted by molar-refractivity contribution is 6.33. The second-order valence-electron chi connectivity index (χ2n) is 2.47. The molecule has 11 heavy (non-hydrogen) atoms. The zero-order chi connectivity index (χ0) is 8.43. The Morgan fingerprint density at radius 1 is 1.55 bits per heavy atom. The molecule has 0 saturated carbocycles. The molecule has 1 aromatic carbocycles. The highest BCUT2D eigenvalue weighted by Crippen LogP contribution is 2.08. The van der Waals surface area contributed by atoms with Gasteiger partial charge in [-0.05, 0) is 13.0 Å². The van der Waals surface area contributed by atoms with Gasteiger partial charge in [-0.3, -0.25) is 0 Å². The van der Waals surface area contributed by atoms with Crippen LogP contribution in [0.5, 0.6) is 0 Å². The Balaban J connectivity index is 3.23. The van der Waals surface area contributed by atoms with Crippen molar-refractivity contribution in [1.29, 1.82) is 5.41 Å². The van der Waals surface area contributed by atoms with Gasteiger partial charge in [0, 0.05) is 17.0 Å². The van der Waals surface area contributed by atoms with E-state index in [0.717, 1.165) is 0 Å². The topological polar surface area (TPSA) is 49.9 Å². The maximum Gasteiger partial charge on any atom is 0.113 e. The quantitative estimate of drug-likeness (QED) is 0.335. The Bertz CT molecular complexity index is 294. The van der Waals surface area contributed by atoms with Gasteiger partial charge in [0.25, 0.3) is 0 Å². The molecule has 3 heteroatoms. The van der Waals surface area contributed by atoms with E-state index in [1.165, 1.54) is 0 Å². The minimum absolute atomic E-state index is 0.440. The van der Waals surface area contributed by atoms with E-state index >= 15 is 0 Å². The molecule has 0 amide bonds. The number of anilines is 1. The molecule has 2 nitrogen and oxygen atoms in total. The van der Waals surface area contributed by atoms with Crippen LogP contribution in [0.2, 0.25) is 0 Å².